The average molecular weight is 452 g/mol. The van der Waals surface area contributed by atoms with Crippen LogP contribution in [0, 0.1) is 23.0 Å². The second-order valence-corrected chi connectivity index (χ2v) is 8.13. The van der Waals surface area contributed by atoms with Crippen molar-refractivity contribution >= 4 is 23.2 Å². The van der Waals surface area contributed by atoms with Gasteiger partial charge in [-0.15, -0.1) is 0 Å². The number of rotatable bonds is 5. The molecule has 1 heterocycles. The van der Waals surface area contributed by atoms with Crippen LogP contribution in [0.15, 0.2) is 41.4 Å². The molecule has 33 heavy (non-hydrogen) atoms. The normalized spacial score (nSPS) is 17.0. The van der Waals surface area contributed by atoms with Gasteiger partial charge in [-0.3, -0.25) is 14.6 Å². The van der Waals surface area contributed by atoms with Gasteiger partial charge in [0.2, 0.25) is 5.91 Å². The number of carbonyl (C=O) groups is 2. The fourth-order valence-corrected chi connectivity index (χ4v) is 4.45. The Kier molecular flexibility index (Phi) is 6.09. The molecule has 1 saturated carbocycles. The molecule has 2 aromatic carbocycles. The smallest absolute Gasteiger partial charge is 0.275 e. The Hall–Kier alpha value is -3.80. The number of halogens is 2. The van der Waals surface area contributed by atoms with Gasteiger partial charge in [0.25, 0.3) is 5.91 Å². The van der Waals surface area contributed by atoms with Crippen molar-refractivity contribution in [3.8, 4) is 11.8 Å². The number of anilines is 1. The predicted molar refractivity (Wildman–Crippen MR) is 117 cm³/mol. The van der Waals surface area contributed by atoms with E-state index >= 15 is 0 Å². The van der Waals surface area contributed by atoms with Crippen molar-refractivity contribution in [3.63, 3.8) is 0 Å². The van der Waals surface area contributed by atoms with Crippen LogP contribution in [0.5, 0.6) is 5.75 Å². The maximum atomic E-state index is 13.5. The molecule has 1 N–H and O–H groups in total. The number of hydrogen-bond donors (Lipinski definition) is 1. The summed E-state index contributed by atoms with van der Waals surface area (Å²) < 4.78 is 32.1. The Labute approximate surface area is 189 Å². The van der Waals surface area contributed by atoms with Crippen molar-refractivity contribution in [2.24, 2.45) is 4.99 Å². The van der Waals surface area contributed by atoms with Gasteiger partial charge in [0.15, 0.2) is 0 Å². The quantitative estimate of drug-likeness (QED) is 0.747. The van der Waals surface area contributed by atoms with Gasteiger partial charge in [0.1, 0.15) is 41.4 Å². The third-order valence-corrected chi connectivity index (χ3v) is 5.97. The van der Waals surface area contributed by atoms with Crippen LogP contribution < -0.4 is 10.1 Å². The Morgan fingerprint density at radius 1 is 1.18 bits per heavy atom. The van der Waals surface area contributed by atoms with E-state index in [4.69, 9.17) is 9.73 Å². The molecular formula is C24H22F2N4O3. The molecule has 0 atom stereocenters. The van der Waals surface area contributed by atoms with E-state index in [-0.39, 0.29) is 23.5 Å². The van der Waals surface area contributed by atoms with Crippen LogP contribution in [0.3, 0.4) is 0 Å². The van der Waals surface area contributed by atoms with Crippen LogP contribution in [-0.2, 0) is 9.59 Å². The highest BCUT2D eigenvalue weighted by Gasteiger charge is 2.48. The third-order valence-electron chi connectivity index (χ3n) is 5.97. The van der Waals surface area contributed by atoms with E-state index in [1.807, 2.05) is 6.07 Å². The number of amides is 2. The first-order valence-electron chi connectivity index (χ1n) is 10.6. The van der Waals surface area contributed by atoms with Crippen molar-refractivity contribution in [1.29, 1.82) is 5.26 Å². The summed E-state index contributed by atoms with van der Waals surface area (Å²) >= 11 is 0. The number of aliphatic imine (C=N–C) groups is 1. The van der Waals surface area contributed by atoms with E-state index in [1.54, 1.807) is 18.2 Å². The zero-order valence-electron chi connectivity index (χ0n) is 18.0. The Morgan fingerprint density at radius 2 is 1.88 bits per heavy atom. The predicted octanol–water partition coefficient (Wildman–Crippen LogP) is 3.78. The van der Waals surface area contributed by atoms with E-state index in [0.29, 0.717) is 30.2 Å². The molecule has 0 bridgehead atoms. The molecule has 2 aliphatic rings. The highest BCUT2D eigenvalue weighted by Crippen LogP contribution is 2.40. The lowest BCUT2D eigenvalue weighted by Crippen LogP contribution is -2.51. The van der Waals surface area contributed by atoms with Crippen molar-refractivity contribution in [2.75, 3.05) is 19.0 Å². The first-order chi connectivity index (χ1) is 15.8. The lowest BCUT2D eigenvalue weighted by molar-refractivity contribution is -0.134. The largest absolute Gasteiger partial charge is 0.495 e. The number of nitriles is 1. The Balaban J connectivity index is 1.62. The SMILES string of the molecule is COc1ccc(C2=NC3(CCCCC3)N(CC(=O)Nc3cc(F)cc(F)c3)C2=O)cc1C#N. The minimum atomic E-state index is -0.859. The van der Waals surface area contributed by atoms with E-state index < -0.39 is 29.1 Å². The summed E-state index contributed by atoms with van der Waals surface area (Å²) in [5.41, 5.74) is 0.0319. The molecule has 2 amide bonds. The lowest BCUT2D eigenvalue weighted by atomic mass is 9.88. The molecule has 2 aromatic rings. The van der Waals surface area contributed by atoms with Crippen LogP contribution in [0.2, 0.25) is 0 Å². The lowest BCUT2D eigenvalue weighted by Gasteiger charge is -2.38. The molecule has 0 aromatic heterocycles. The summed E-state index contributed by atoms with van der Waals surface area (Å²) in [5.74, 6) is -2.25. The number of nitrogens with zero attached hydrogens (tertiary/aromatic N) is 3. The monoisotopic (exact) mass is 452 g/mol. The van der Waals surface area contributed by atoms with E-state index in [0.717, 1.165) is 31.4 Å². The second-order valence-electron chi connectivity index (χ2n) is 8.13. The molecule has 0 saturated heterocycles. The second kappa shape index (κ2) is 8.98. The van der Waals surface area contributed by atoms with Crippen LogP contribution in [0.1, 0.15) is 43.2 Å². The molecule has 1 aliphatic carbocycles. The fraction of sp³-hybridized carbons (Fsp3) is 0.333. The zero-order chi connectivity index (χ0) is 23.6. The van der Waals surface area contributed by atoms with Gasteiger partial charge in [-0.1, -0.05) is 6.42 Å². The fourth-order valence-electron chi connectivity index (χ4n) is 4.45. The molecule has 1 aliphatic heterocycles. The Bertz CT molecular complexity index is 1160. The van der Waals surface area contributed by atoms with Crippen LogP contribution >= 0.6 is 0 Å². The van der Waals surface area contributed by atoms with Crippen molar-refractivity contribution < 1.29 is 23.1 Å². The van der Waals surface area contributed by atoms with Gasteiger partial charge >= 0.3 is 0 Å². The highest BCUT2D eigenvalue weighted by molar-refractivity contribution is 6.47. The minimum Gasteiger partial charge on any atom is -0.495 e. The standard InChI is InChI=1S/C24H22F2N4O3/c1-33-20-6-5-15(9-16(20)13-27)22-23(32)30(24(29-22)7-3-2-4-8-24)14-21(31)28-19-11-17(25)10-18(26)12-19/h5-6,9-12H,2-4,7-8,14H2,1H3,(H,28,31). The molecular weight excluding hydrogens is 430 g/mol. The summed E-state index contributed by atoms with van der Waals surface area (Å²) in [6.45, 7) is -0.314. The number of hydrogen-bond acceptors (Lipinski definition) is 5. The number of carbonyl (C=O) groups excluding carboxylic acids is 2. The molecule has 4 rings (SSSR count). The number of benzene rings is 2. The van der Waals surface area contributed by atoms with Crippen LogP contribution in [-0.4, -0.2) is 41.7 Å². The van der Waals surface area contributed by atoms with Gasteiger partial charge in [-0.05, 0) is 56.0 Å². The number of methoxy groups -OCH3 is 1. The third kappa shape index (κ3) is 4.42. The van der Waals surface area contributed by atoms with Gasteiger partial charge in [-0.2, -0.15) is 5.26 Å². The summed E-state index contributed by atoms with van der Waals surface area (Å²) in [6.07, 6.45) is 3.91. The highest BCUT2D eigenvalue weighted by atomic mass is 19.1. The molecule has 0 unspecified atom stereocenters. The van der Waals surface area contributed by atoms with Crippen molar-refractivity contribution in [2.45, 2.75) is 37.8 Å². The van der Waals surface area contributed by atoms with E-state index in [9.17, 15) is 23.6 Å². The summed E-state index contributed by atoms with van der Waals surface area (Å²) in [4.78, 5) is 32.3. The maximum Gasteiger partial charge on any atom is 0.275 e. The summed E-state index contributed by atoms with van der Waals surface area (Å²) in [7, 11) is 1.45. The molecule has 0 radical (unpaired) electrons. The van der Waals surface area contributed by atoms with E-state index in [1.165, 1.54) is 12.0 Å². The molecule has 1 fully saturated rings. The zero-order valence-corrected chi connectivity index (χ0v) is 18.0. The van der Waals surface area contributed by atoms with Crippen molar-refractivity contribution in [3.05, 3.63) is 59.2 Å². The molecule has 7 nitrogen and oxygen atoms in total. The van der Waals surface area contributed by atoms with Gasteiger partial charge in [-0.25, -0.2) is 8.78 Å². The van der Waals surface area contributed by atoms with Crippen molar-refractivity contribution in [1.82, 2.24) is 4.90 Å². The number of nitrogens with one attached hydrogen (secondary N) is 1. The topological polar surface area (TPSA) is 94.8 Å². The molecule has 1 spiro atoms. The van der Waals surface area contributed by atoms with Gasteiger partial charge in [0, 0.05) is 17.3 Å². The molecule has 9 heteroatoms. The van der Waals surface area contributed by atoms with Crippen LogP contribution in [0.4, 0.5) is 14.5 Å². The van der Waals surface area contributed by atoms with Crippen LogP contribution in [0.25, 0.3) is 0 Å². The summed E-state index contributed by atoms with van der Waals surface area (Å²) in [6, 6.07) is 9.57. The first kappa shape index (κ1) is 22.4. The number of ether oxygens (including phenoxy) is 1. The van der Waals surface area contributed by atoms with Gasteiger partial charge in [0.05, 0.1) is 12.7 Å². The minimum absolute atomic E-state index is 0.0307. The molecule has 170 valence electrons. The first-order valence-corrected chi connectivity index (χ1v) is 10.6. The maximum absolute atomic E-state index is 13.5. The average Bonchev–Trinajstić information content (AvgIpc) is 3.04. The summed E-state index contributed by atoms with van der Waals surface area (Å²) in [5, 5.41) is 11.9. The Morgan fingerprint density at radius 3 is 2.52 bits per heavy atom. The van der Waals surface area contributed by atoms with Gasteiger partial charge < -0.3 is 15.0 Å². The van der Waals surface area contributed by atoms with E-state index in [2.05, 4.69) is 5.32 Å².